The second-order valence-electron chi connectivity index (χ2n) is 2.91. The molecule has 0 bridgehead atoms. The molecule has 2 N–H and O–H groups in total. The lowest BCUT2D eigenvalue weighted by Crippen LogP contribution is -2.05. The molecule has 12 heavy (non-hydrogen) atoms. The van der Waals surface area contributed by atoms with Crippen molar-refractivity contribution in [1.82, 2.24) is 4.98 Å². The van der Waals surface area contributed by atoms with Crippen LogP contribution in [0.3, 0.4) is 0 Å². The first-order valence-electron chi connectivity index (χ1n) is 4.01. The molecule has 0 aliphatic carbocycles. The van der Waals surface area contributed by atoms with E-state index in [0.29, 0.717) is 12.4 Å². The monoisotopic (exact) mass is 166 g/mol. The van der Waals surface area contributed by atoms with Gasteiger partial charge in [0, 0.05) is 11.8 Å². The molecule has 3 heteroatoms. The highest BCUT2D eigenvalue weighted by Gasteiger charge is 1.99. The van der Waals surface area contributed by atoms with E-state index in [9.17, 15) is 0 Å². The molecule has 0 spiro atoms. The average Bonchev–Trinajstić information content (AvgIpc) is 2.03. The fourth-order valence-corrected chi connectivity index (χ4v) is 0.829. The van der Waals surface area contributed by atoms with Crippen LogP contribution >= 0.6 is 0 Å². The molecular weight excluding hydrogens is 152 g/mol. The van der Waals surface area contributed by atoms with Crippen LogP contribution in [0.4, 0.5) is 5.82 Å². The lowest BCUT2D eigenvalue weighted by molar-refractivity contribution is 0.0659. The number of nitrogens with zero attached hydrogens (tertiary/aromatic N) is 1. The summed E-state index contributed by atoms with van der Waals surface area (Å²) in [6, 6.07) is 3.78. The highest BCUT2D eigenvalue weighted by atomic mass is 16.5. The Bertz CT molecular complexity index is 248. The molecule has 66 valence electrons. The third kappa shape index (κ3) is 2.51. The summed E-state index contributed by atoms with van der Waals surface area (Å²) in [6.45, 7) is 4.52. The zero-order valence-corrected chi connectivity index (χ0v) is 7.45. The van der Waals surface area contributed by atoms with E-state index in [-0.39, 0.29) is 6.10 Å². The Morgan fingerprint density at radius 1 is 1.58 bits per heavy atom. The third-order valence-electron chi connectivity index (χ3n) is 1.50. The van der Waals surface area contributed by atoms with Crippen molar-refractivity contribution in [3.05, 3.63) is 23.9 Å². The van der Waals surface area contributed by atoms with Crippen LogP contribution < -0.4 is 5.73 Å². The maximum absolute atomic E-state index is 5.62. The van der Waals surface area contributed by atoms with Crippen molar-refractivity contribution < 1.29 is 4.74 Å². The van der Waals surface area contributed by atoms with Crippen molar-refractivity contribution in [2.24, 2.45) is 0 Å². The van der Waals surface area contributed by atoms with E-state index in [1.54, 1.807) is 6.20 Å². The highest BCUT2D eigenvalue weighted by Crippen LogP contribution is 2.08. The van der Waals surface area contributed by atoms with Crippen molar-refractivity contribution in [3.63, 3.8) is 0 Å². The Hall–Kier alpha value is -1.09. The lowest BCUT2D eigenvalue weighted by Gasteiger charge is -2.08. The molecule has 1 rings (SSSR count). The SMILES string of the molecule is CC(C)OCc1cccnc1N. The van der Waals surface area contributed by atoms with E-state index in [1.807, 2.05) is 26.0 Å². The molecule has 0 amide bonds. The number of nitrogen functional groups attached to an aromatic ring is 1. The molecule has 0 saturated carbocycles. The Morgan fingerprint density at radius 3 is 2.92 bits per heavy atom. The number of hydrogen-bond donors (Lipinski definition) is 1. The van der Waals surface area contributed by atoms with Crippen LogP contribution in [-0.4, -0.2) is 11.1 Å². The highest BCUT2D eigenvalue weighted by molar-refractivity contribution is 5.37. The van der Waals surface area contributed by atoms with Gasteiger partial charge in [0.2, 0.25) is 0 Å². The summed E-state index contributed by atoms with van der Waals surface area (Å²) < 4.78 is 5.39. The number of ether oxygens (including phenoxy) is 1. The van der Waals surface area contributed by atoms with Gasteiger partial charge in [-0.2, -0.15) is 0 Å². The number of rotatable bonds is 3. The van der Waals surface area contributed by atoms with Gasteiger partial charge in [-0.25, -0.2) is 4.98 Å². The van der Waals surface area contributed by atoms with Crippen molar-refractivity contribution in [1.29, 1.82) is 0 Å². The smallest absolute Gasteiger partial charge is 0.128 e. The van der Waals surface area contributed by atoms with Crippen LogP contribution in [0, 0.1) is 0 Å². The van der Waals surface area contributed by atoms with E-state index in [0.717, 1.165) is 5.56 Å². The van der Waals surface area contributed by atoms with Gasteiger partial charge in [0.15, 0.2) is 0 Å². The van der Waals surface area contributed by atoms with Gasteiger partial charge in [-0.1, -0.05) is 6.07 Å². The third-order valence-corrected chi connectivity index (χ3v) is 1.50. The molecule has 0 unspecified atom stereocenters. The maximum atomic E-state index is 5.62. The van der Waals surface area contributed by atoms with E-state index in [1.165, 1.54) is 0 Å². The zero-order valence-electron chi connectivity index (χ0n) is 7.45. The summed E-state index contributed by atoms with van der Waals surface area (Å²) in [4.78, 5) is 3.95. The molecule has 0 saturated heterocycles. The molecule has 0 radical (unpaired) electrons. The molecular formula is C9H14N2O. The fraction of sp³-hybridized carbons (Fsp3) is 0.444. The van der Waals surface area contributed by atoms with E-state index in [4.69, 9.17) is 10.5 Å². The van der Waals surface area contributed by atoms with Gasteiger partial charge in [0.05, 0.1) is 12.7 Å². The van der Waals surface area contributed by atoms with E-state index in [2.05, 4.69) is 4.98 Å². The van der Waals surface area contributed by atoms with Gasteiger partial charge in [-0.3, -0.25) is 0 Å². The minimum atomic E-state index is 0.226. The van der Waals surface area contributed by atoms with Crippen LogP contribution in [0.15, 0.2) is 18.3 Å². The fourth-order valence-electron chi connectivity index (χ4n) is 0.829. The van der Waals surface area contributed by atoms with Crippen LogP contribution in [-0.2, 0) is 11.3 Å². The van der Waals surface area contributed by atoms with Gasteiger partial charge < -0.3 is 10.5 Å². The molecule has 3 nitrogen and oxygen atoms in total. The Morgan fingerprint density at radius 2 is 2.33 bits per heavy atom. The quantitative estimate of drug-likeness (QED) is 0.741. The van der Waals surface area contributed by atoms with Crippen LogP contribution in [0.1, 0.15) is 19.4 Å². The van der Waals surface area contributed by atoms with Crippen LogP contribution in [0.25, 0.3) is 0 Å². The van der Waals surface area contributed by atoms with Crippen molar-refractivity contribution in [2.75, 3.05) is 5.73 Å². The van der Waals surface area contributed by atoms with Crippen molar-refractivity contribution in [2.45, 2.75) is 26.6 Å². The van der Waals surface area contributed by atoms with Crippen molar-refractivity contribution >= 4 is 5.82 Å². The second-order valence-corrected chi connectivity index (χ2v) is 2.91. The Balaban J connectivity index is 2.57. The lowest BCUT2D eigenvalue weighted by atomic mass is 10.3. The van der Waals surface area contributed by atoms with Crippen LogP contribution in [0.5, 0.6) is 0 Å². The molecule has 0 aliphatic heterocycles. The minimum absolute atomic E-state index is 0.226. The Kier molecular flexibility index (Phi) is 3.05. The first-order valence-corrected chi connectivity index (χ1v) is 4.01. The van der Waals surface area contributed by atoms with Gasteiger partial charge in [-0.15, -0.1) is 0 Å². The van der Waals surface area contributed by atoms with Gasteiger partial charge in [0.1, 0.15) is 5.82 Å². The predicted octanol–water partition coefficient (Wildman–Crippen LogP) is 1.59. The first-order chi connectivity index (χ1) is 5.70. The largest absolute Gasteiger partial charge is 0.383 e. The second kappa shape index (κ2) is 4.07. The number of pyridine rings is 1. The molecule has 1 heterocycles. The summed E-state index contributed by atoms with van der Waals surface area (Å²) in [6.07, 6.45) is 1.90. The van der Waals surface area contributed by atoms with Gasteiger partial charge in [-0.05, 0) is 19.9 Å². The molecule has 0 aromatic carbocycles. The summed E-state index contributed by atoms with van der Waals surface area (Å²) in [5.41, 5.74) is 6.57. The standard InChI is InChI=1S/C9H14N2O/c1-7(2)12-6-8-4-3-5-11-9(8)10/h3-5,7H,6H2,1-2H3,(H2,10,11). The normalized spacial score (nSPS) is 10.6. The summed E-state index contributed by atoms with van der Waals surface area (Å²) >= 11 is 0. The summed E-state index contributed by atoms with van der Waals surface area (Å²) in [5.74, 6) is 0.554. The molecule has 0 aliphatic rings. The average molecular weight is 166 g/mol. The van der Waals surface area contributed by atoms with E-state index < -0.39 is 0 Å². The molecule has 1 aromatic rings. The Labute approximate surface area is 72.6 Å². The summed E-state index contributed by atoms with van der Waals surface area (Å²) in [5, 5.41) is 0. The first kappa shape index (κ1) is 9.00. The van der Waals surface area contributed by atoms with Crippen LogP contribution in [0.2, 0.25) is 0 Å². The van der Waals surface area contributed by atoms with Crippen molar-refractivity contribution in [3.8, 4) is 0 Å². The topological polar surface area (TPSA) is 48.1 Å². The number of aromatic nitrogens is 1. The molecule has 0 atom stereocenters. The number of anilines is 1. The van der Waals surface area contributed by atoms with Gasteiger partial charge >= 0.3 is 0 Å². The number of hydrogen-bond acceptors (Lipinski definition) is 3. The minimum Gasteiger partial charge on any atom is -0.383 e. The maximum Gasteiger partial charge on any atom is 0.128 e. The predicted molar refractivity (Wildman–Crippen MR) is 48.6 cm³/mol. The van der Waals surface area contributed by atoms with E-state index >= 15 is 0 Å². The molecule has 0 fully saturated rings. The molecule has 1 aromatic heterocycles. The zero-order chi connectivity index (χ0) is 8.97. The summed E-state index contributed by atoms with van der Waals surface area (Å²) in [7, 11) is 0. The van der Waals surface area contributed by atoms with Gasteiger partial charge in [0.25, 0.3) is 0 Å². The number of nitrogens with two attached hydrogens (primary N) is 1.